The summed E-state index contributed by atoms with van der Waals surface area (Å²) in [6.45, 7) is 12.1. The average molecular weight is 506 g/mol. The fourth-order valence-corrected chi connectivity index (χ4v) is 4.38. The van der Waals surface area contributed by atoms with Gasteiger partial charge in [-0.05, 0) is 88.6 Å². The van der Waals surface area contributed by atoms with Gasteiger partial charge in [0.1, 0.15) is 0 Å². The van der Waals surface area contributed by atoms with Crippen molar-refractivity contribution in [3.63, 3.8) is 0 Å². The number of hydrogen-bond acceptors (Lipinski definition) is 6. The van der Waals surface area contributed by atoms with Crippen LogP contribution in [0.2, 0.25) is 0 Å². The number of benzene rings is 1. The Morgan fingerprint density at radius 1 is 1.27 bits per heavy atom. The van der Waals surface area contributed by atoms with Gasteiger partial charge < -0.3 is 14.4 Å². The van der Waals surface area contributed by atoms with E-state index in [1.54, 1.807) is 26.8 Å². The van der Waals surface area contributed by atoms with Gasteiger partial charge in [-0.1, -0.05) is 30.4 Å². The molecule has 2 aromatic rings. The van der Waals surface area contributed by atoms with Crippen molar-refractivity contribution < 1.29 is 9.47 Å². The van der Waals surface area contributed by atoms with Crippen LogP contribution in [0.25, 0.3) is 10.9 Å². The summed E-state index contributed by atoms with van der Waals surface area (Å²) >= 11 is 0. The Kier molecular flexibility index (Phi) is 9.65. The van der Waals surface area contributed by atoms with Gasteiger partial charge in [-0.3, -0.25) is 4.98 Å². The van der Waals surface area contributed by atoms with E-state index in [2.05, 4.69) is 72.0 Å². The summed E-state index contributed by atoms with van der Waals surface area (Å²) in [6, 6.07) is 9.22. The highest BCUT2D eigenvalue weighted by Crippen LogP contribution is 2.33. The first kappa shape index (κ1) is 28.6. The largest absolute Gasteiger partial charge is 0.354 e. The van der Waals surface area contributed by atoms with E-state index in [1.807, 2.05) is 26.1 Å². The molecule has 37 heavy (non-hydrogen) atoms. The zero-order valence-corrected chi connectivity index (χ0v) is 23.5. The lowest BCUT2D eigenvalue weighted by Crippen LogP contribution is -2.35. The topological polar surface area (TPSA) is 76.2 Å². The van der Waals surface area contributed by atoms with Crippen LogP contribution in [0.5, 0.6) is 0 Å². The Bertz CT molecular complexity index is 1180. The van der Waals surface area contributed by atoms with Crippen LogP contribution < -0.4 is 5.84 Å². The number of fused-ring (bicyclic) bond motifs is 1. The van der Waals surface area contributed by atoms with Gasteiger partial charge >= 0.3 is 0 Å². The van der Waals surface area contributed by atoms with Crippen LogP contribution in [0.4, 0.5) is 0 Å². The standard InChI is InChI=1S/C25H31N5.C5H12O2/c1-17-11-23-8-7-21(15-24(23)27-16-17)14-22-12-20(13-22)6-5-19(3)30-10-9-18(2)25(30)28-29(4)26;1-5(2,6-3)7-4/h7-12,15-16,19-20H,2,5-6,13-14,26H2,1,3-4H3;1-4H3/b28-25+;. The van der Waals surface area contributed by atoms with Gasteiger partial charge in [0.25, 0.3) is 0 Å². The quantitative estimate of drug-likeness (QED) is 0.203. The molecule has 1 aromatic carbocycles. The van der Waals surface area contributed by atoms with Crippen molar-refractivity contribution in [2.45, 2.75) is 65.2 Å². The van der Waals surface area contributed by atoms with E-state index in [0.717, 1.165) is 29.8 Å². The molecule has 2 aliphatic rings. The summed E-state index contributed by atoms with van der Waals surface area (Å²) in [6.07, 6.45) is 13.0. The normalized spacial score (nSPS) is 19.0. The monoisotopic (exact) mass is 505 g/mol. The molecule has 7 heteroatoms. The molecule has 0 fully saturated rings. The number of methoxy groups -OCH3 is 2. The summed E-state index contributed by atoms with van der Waals surface area (Å²) in [5, 5.41) is 6.94. The lowest BCUT2D eigenvalue weighted by Gasteiger charge is -2.30. The molecule has 1 aliphatic heterocycles. The second-order valence-corrected chi connectivity index (χ2v) is 10.5. The third-order valence-electron chi connectivity index (χ3n) is 6.95. The smallest absolute Gasteiger partial charge is 0.161 e. The lowest BCUT2D eigenvalue weighted by atomic mass is 9.80. The molecule has 0 radical (unpaired) electrons. The van der Waals surface area contributed by atoms with Gasteiger partial charge in [-0.25, -0.2) is 11.0 Å². The first-order valence-corrected chi connectivity index (χ1v) is 12.9. The number of hydrazone groups is 1. The zero-order valence-electron chi connectivity index (χ0n) is 23.5. The van der Waals surface area contributed by atoms with E-state index in [1.165, 1.54) is 34.5 Å². The number of aromatic nitrogens is 1. The Morgan fingerprint density at radius 3 is 2.59 bits per heavy atom. The number of pyridine rings is 1. The molecule has 2 heterocycles. The summed E-state index contributed by atoms with van der Waals surface area (Å²) in [7, 11) is 4.96. The highest BCUT2D eigenvalue weighted by atomic mass is 16.7. The van der Waals surface area contributed by atoms with E-state index >= 15 is 0 Å². The van der Waals surface area contributed by atoms with Crippen LogP contribution in [0.1, 0.15) is 51.2 Å². The fraction of sp³-hybridized carbons (Fsp3) is 0.467. The highest BCUT2D eigenvalue weighted by Gasteiger charge is 2.25. The van der Waals surface area contributed by atoms with Crippen molar-refractivity contribution in [3.8, 4) is 0 Å². The van der Waals surface area contributed by atoms with E-state index in [0.29, 0.717) is 12.0 Å². The van der Waals surface area contributed by atoms with Gasteiger partial charge in [0.05, 0.1) is 5.52 Å². The summed E-state index contributed by atoms with van der Waals surface area (Å²) in [5.41, 5.74) is 6.09. The molecular weight excluding hydrogens is 462 g/mol. The summed E-state index contributed by atoms with van der Waals surface area (Å²) in [5.74, 6) is 6.81. The van der Waals surface area contributed by atoms with Gasteiger partial charge in [-0.2, -0.15) is 0 Å². The maximum Gasteiger partial charge on any atom is 0.161 e. The number of amidine groups is 1. The van der Waals surface area contributed by atoms with Crippen molar-refractivity contribution in [1.29, 1.82) is 0 Å². The molecule has 0 saturated heterocycles. The summed E-state index contributed by atoms with van der Waals surface area (Å²) < 4.78 is 9.73. The molecule has 0 spiro atoms. The van der Waals surface area contributed by atoms with E-state index < -0.39 is 5.79 Å². The Morgan fingerprint density at radius 2 is 1.97 bits per heavy atom. The fourth-order valence-electron chi connectivity index (χ4n) is 4.38. The third-order valence-corrected chi connectivity index (χ3v) is 6.95. The van der Waals surface area contributed by atoms with Crippen molar-refractivity contribution in [3.05, 3.63) is 77.7 Å². The molecule has 200 valence electrons. The SMILES string of the molecule is C=C1C=CN(C(C)CCC2C=C(Cc3ccc4cc(C)cnc4c3)C2)/C1=N/N(C)N.COC(C)(C)OC. The molecule has 7 nitrogen and oxygen atoms in total. The molecule has 4 rings (SSSR count). The van der Waals surface area contributed by atoms with E-state index in [-0.39, 0.29) is 0 Å². The lowest BCUT2D eigenvalue weighted by molar-refractivity contribution is -0.178. The van der Waals surface area contributed by atoms with Gasteiger partial charge in [0.2, 0.25) is 0 Å². The Balaban J connectivity index is 0.000000479. The Labute approximate surface area is 222 Å². The minimum atomic E-state index is -0.417. The predicted molar refractivity (Wildman–Crippen MR) is 153 cm³/mol. The van der Waals surface area contributed by atoms with Crippen LogP contribution in [0.3, 0.4) is 0 Å². The van der Waals surface area contributed by atoms with Crippen LogP contribution in [-0.4, -0.2) is 53.9 Å². The number of rotatable bonds is 9. The number of ether oxygens (including phenoxy) is 2. The van der Waals surface area contributed by atoms with Crippen molar-refractivity contribution in [1.82, 2.24) is 15.0 Å². The number of aryl methyl sites for hydroxylation is 1. The van der Waals surface area contributed by atoms with E-state index in [9.17, 15) is 0 Å². The second kappa shape index (κ2) is 12.5. The van der Waals surface area contributed by atoms with Crippen LogP contribution in [0.15, 0.2) is 71.6 Å². The maximum absolute atomic E-state index is 5.70. The van der Waals surface area contributed by atoms with Gasteiger partial charge in [-0.15, -0.1) is 5.10 Å². The van der Waals surface area contributed by atoms with Crippen molar-refractivity contribution in [2.24, 2.45) is 16.9 Å². The molecule has 2 N–H and O–H groups in total. The summed E-state index contributed by atoms with van der Waals surface area (Å²) in [4.78, 5) is 6.75. The number of nitrogens with zero attached hydrogens (tertiary/aromatic N) is 4. The molecule has 0 bridgehead atoms. The number of nitrogens with two attached hydrogens (primary N) is 1. The number of hydrogen-bond donors (Lipinski definition) is 1. The van der Waals surface area contributed by atoms with Gasteiger partial charge in [0.15, 0.2) is 11.6 Å². The van der Waals surface area contributed by atoms with Gasteiger partial charge in [0, 0.05) is 50.7 Å². The van der Waals surface area contributed by atoms with E-state index in [4.69, 9.17) is 15.3 Å². The first-order valence-electron chi connectivity index (χ1n) is 12.9. The minimum Gasteiger partial charge on any atom is -0.354 e. The third kappa shape index (κ3) is 7.99. The average Bonchev–Trinajstić information content (AvgIpc) is 3.20. The van der Waals surface area contributed by atoms with Crippen molar-refractivity contribution >= 4 is 16.7 Å². The molecule has 2 atom stereocenters. The number of hydrazine groups is 1. The second-order valence-electron chi connectivity index (χ2n) is 10.5. The van der Waals surface area contributed by atoms with Crippen LogP contribution in [0, 0.1) is 12.8 Å². The molecule has 2 unspecified atom stereocenters. The molecule has 0 amide bonds. The van der Waals surface area contributed by atoms with Crippen LogP contribution in [-0.2, 0) is 15.9 Å². The predicted octanol–water partition coefficient (Wildman–Crippen LogP) is 5.72. The number of allylic oxidation sites excluding steroid dienone is 2. The van der Waals surface area contributed by atoms with Crippen molar-refractivity contribution in [2.75, 3.05) is 21.3 Å². The molecule has 0 saturated carbocycles. The molecular formula is C30H43N5O2. The first-order chi connectivity index (χ1) is 17.5. The zero-order chi connectivity index (χ0) is 27.2. The van der Waals surface area contributed by atoms with Crippen LogP contribution >= 0.6 is 0 Å². The Hall–Kier alpha value is -3.00. The maximum atomic E-state index is 5.70. The highest BCUT2D eigenvalue weighted by molar-refractivity contribution is 6.03. The molecule has 1 aromatic heterocycles. The molecule has 1 aliphatic carbocycles. The minimum absolute atomic E-state index is 0.367.